The standard InChI is InChI=1S/C11H14F3N3O3S/c1-17(2)21(19,20)6-5-15-11(18)16-8-4-3-7(12)9(13)10(8)14/h3-4H,5-6H2,1-2H3,(H2,15,16,18). The number of anilines is 1. The van der Waals surface area contributed by atoms with Gasteiger partial charge in [-0.15, -0.1) is 0 Å². The molecule has 0 unspecified atom stereocenters. The number of urea groups is 1. The summed E-state index contributed by atoms with van der Waals surface area (Å²) >= 11 is 0. The second-order valence-corrected chi connectivity index (χ2v) is 6.50. The minimum absolute atomic E-state index is 0.225. The zero-order chi connectivity index (χ0) is 16.2. The molecule has 0 aliphatic carbocycles. The van der Waals surface area contributed by atoms with Crippen LogP contribution in [0.25, 0.3) is 0 Å². The fourth-order valence-corrected chi connectivity index (χ4v) is 1.99. The second kappa shape index (κ2) is 6.76. The van der Waals surface area contributed by atoms with Gasteiger partial charge >= 0.3 is 6.03 Å². The van der Waals surface area contributed by atoms with Gasteiger partial charge in [0.05, 0.1) is 11.4 Å². The first-order chi connectivity index (χ1) is 9.65. The molecule has 0 spiro atoms. The summed E-state index contributed by atoms with van der Waals surface area (Å²) < 4.78 is 62.7. The zero-order valence-corrected chi connectivity index (χ0v) is 12.1. The molecule has 10 heteroatoms. The van der Waals surface area contributed by atoms with Gasteiger partial charge in [-0.3, -0.25) is 0 Å². The number of halogens is 3. The van der Waals surface area contributed by atoms with Crippen LogP contribution in [0.2, 0.25) is 0 Å². The molecule has 0 fully saturated rings. The van der Waals surface area contributed by atoms with Crippen molar-refractivity contribution in [3.63, 3.8) is 0 Å². The van der Waals surface area contributed by atoms with Gasteiger partial charge < -0.3 is 10.6 Å². The van der Waals surface area contributed by atoms with Crippen LogP contribution in [0, 0.1) is 17.5 Å². The Kier molecular flexibility index (Phi) is 5.55. The molecule has 1 aromatic rings. The van der Waals surface area contributed by atoms with Crippen molar-refractivity contribution >= 4 is 21.7 Å². The number of rotatable bonds is 5. The van der Waals surface area contributed by atoms with E-state index in [0.717, 1.165) is 10.4 Å². The summed E-state index contributed by atoms with van der Waals surface area (Å²) in [6.07, 6.45) is 0. The highest BCUT2D eigenvalue weighted by molar-refractivity contribution is 7.89. The van der Waals surface area contributed by atoms with E-state index in [9.17, 15) is 26.4 Å². The Morgan fingerprint density at radius 2 is 1.81 bits per heavy atom. The summed E-state index contributed by atoms with van der Waals surface area (Å²) in [7, 11) is -0.801. The molecule has 2 amide bonds. The third kappa shape index (κ3) is 4.60. The summed E-state index contributed by atoms with van der Waals surface area (Å²) in [4.78, 5) is 11.4. The summed E-state index contributed by atoms with van der Waals surface area (Å²) in [6, 6.07) is 0.572. The van der Waals surface area contributed by atoms with Crippen LogP contribution in [-0.2, 0) is 10.0 Å². The maximum absolute atomic E-state index is 13.3. The number of nitrogens with one attached hydrogen (secondary N) is 2. The van der Waals surface area contributed by atoms with E-state index >= 15 is 0 Å². The molecule has 1 rings (SSSR count). The van der Waals surface area contributed by atoms with E-state index in [0.29, 0.717) is 6.07 Å². The Balaban J connectivity index is 2.58. The lowest BCUT2D eigenvalue weighted by molar-refractivity contribution is 0.252. The Hall–Kier alpha value is -1.81. The van der Waals surface area contributed by atoms with Crippen molar-refractivity contribution < 1.29 is 26.4 Å². The number of hydrogen-bond acceptors (Lipinski definition) is 3. The molecule has 1 aromatic carbocycles. The molecule has 0 bridgehead atoms. The Morgan fingerprint density at radius 3 is 2.38 bits per heavy atom. The second-order valence-electron chi connectivity index (χ2n) is 4.20. The van der Waals surface area contributed by atoms with Crippen LogP contribution in [0.5, 0.6) is 0 Å². The van der Waals surface area contributed by atoms with E-state index in [-0.39, 0.29) is 12.3 Å². The van der Waals surface area contributed by atoms with Gasteiger partial charge in [0.15, 0.2) is 17.5 Å². The van der Waals surface area contributed by atoms with Crippen LogP contribution >= 0.6 is 0 Å². The van der Waals surface area contributed by atoms with Gasteiger partial charge in [-0.25, -0.2) is 30.7 Å². The predicted octanol–water partition coefficient (Wildman–Crippen LogP) is 1.12. The van der Waals surface area contributed by atoms with Crippen molar-refractivity contribution in [2.24, 2.45) is 0 Å². The van der Waals surface area contributed by atoms with Gasteiger partial charge in [0.1, 0.15) is 0 Å². The number of hydrogen-bond donors (Lipinski definition) is 2. The average molecular weight is 325 g/mol. The van der Waals surface area contributed by atoms with Gasteiger partial charge in [-0.1, -0.05) is 0 Å². The quantitative estimate of drug-likeness (QED) is 0.796. The smallest absolute Gasteiger partial charge is 0.319 e. The molecular formula is C11H14F3N3O3S. The van der Waals surface area contributed by atoms with Crippen LogP contribution in [0.15, 0.2) is 12.1 Å². The highest BCUT2D eigenvalue weighted by Gasteiger charge is 2.16. The molecule has 0 aliphatic heterocycles. The average Bonchev–Trinajstić information content (AvgIpc) is 2.39. The summed E-state index contributed by atoms with van der Waals surface area (Å²) in [5.41, 5.74) is -0.554. The van der Waals surface area contributed by atoms with Crippen molar-refractivity contribution in [1.29, 1.82) is 0 Å². The molecular weight excluding hydrogens is 311 g/mol. The van der Waals surface area contributed by atoms with Crippen LogP contribution in [0.3, 0.4) is 0 Å². The fraction of sp³-hybridized carbons (Fsp3) is 0.364. The molecule has 2 N–H and O–H groups in total. The lowest BCUT2D eigenvalue weighted by atomic mass is 10.3. The molecule has 0 atom stereocenters. The minimum atomic E-state index is -3.48. The molecule has 0 aromatic heterocycles. The summed E-state index contributed by atoms with van der Waals surface area (Å²) in [5.74, 6) is -4.97. The minimum Gasteiger partial charge on any atom is -0.337 e. The molecule has 0 saturated heterocycles. The first kappa shape index (κ1) is 17.2. The maximum Gasteiger partial charge on any atom is 0.319 e. The summed E-state index contributed by atoms with van der Waals surface area (Å²) in [5, 5.41) is 4.12. The van der Waals surface area contributed by atoms with E-state index in [4.69, 9.17) is 0 Å². The highest BCUT2D eigenvalue weighted by atomic mass is 32.2. The van der Waals surface area contributed by atoms with Crippen LogP contribution in [0.1, 0.15) is 0 Å². The van der Waals surface area contributed by atoms with Gasteiger partial charge in [0, 0.05) is 20.6 Å². The number of benzene rings is 1. The molecule has 0 radical (unpaired) electrons. The summed E-state index contributed by atoms with van der Waals surface area (Å²) in [6.45, 7) is -0.225. The molecule has 6 nitrogen and oxygen atoms in total. The van der Waals surface area contributed by atoms with E-state index in [1.807, 2.05) is 5.32 Å². The predicted molar refractivity (Wildman–Crippen MR) is 70.8 cm³/mol. The largest absolute Gasteiger partial charge is 0.337 e. The van der Waals surface area contributed by atoms with Crippen molar-refractivity contribution in [1.82, 2.24) is 9.62 Å². The topological polar surface area (TPSA) is 78.5 Å². The van der Waals surface area contributed by atoms with E-state index in [1.165, 1.54) is 14.1 Å². The number of amides is 2. The van der Waals surface area contributed by atoms with E-state index in [1.54, 1.807) is 0 Å². The number of carbonyl (C=O) groups is 1. The Morgan fingerprint density at radius 1 is 1.19 bits per heavy atom. The first-order valence-corrected chi connectivity index (χ1v) is 7.34. The molecule has 0 aliphatic rings. The van der Waals surface area contributed by atoms with Crippen LogP contribution < -0.4 is 10.6 Å². The van der Waals surface area contributed by atoms with Gasteiger partial charge in [0.2, 0.25) is 10.0 Å². The third-order valence-corrected chi connectivity index (χ3v) is 4.32. The number of nitrogens with zero attached hydrogens (tertiary/aromatic N) is 1. The third-order valence-electron chi connectivity index (χ3n) is 2.49. The lowest BCUT2D eigenvalue weighted by Crippen LogP contribution is -2.36. The van der Waals surface area contributed by atoms with Gasteiger partial charge in [-0.05, 0) is 12.1 Å². The van der Waals surface area contributed by atoms with Crippen LogP contribution in [0.4, 0.5) is 23.7 Å². The zero-order valence-electron chi connectivity index (χ0n) is 11.3. The monoisotopic (exact) mass is 325 g/mol. The molecule has 21 heavy (non-hydrogen) atoms. The molecule has 0 heterocycles. The van der Waals surface area contributed by atoms with E-state index in [2.05, 4.69) is 5.32 Å². The maximum atomic E-state index is 13.3. The van der Waals surface area contributed by atoms with Crippen molar-refractivity contribution in [3.05, 3.63) is 29.6 Å². The Bertz CT molecular complexity index is 635. The van der Waals surface area contributed by atoms with Crippen LogP contribution in [-0.4, -0.2) is 45.1 Å². The number of carbonyl (C=O) groups excluding carboxylic acids is 1. The lowest BCUT2D eigenvalue weighted by Gasteiger charge is -2.12. The molecule has 0 saturated carbocycles. The van der Waals surface area contributed by atoms with Gasteiger partial charge in [0.25, 0.3) is 0 Å². The van der Waals surface area contributed by atoms with E-state index < -0.39 is 39.2 Å². The fourth-order valence-electron chi connectivity index (χ4n) is 1.27. The molecule has 118 valence electrons. The van der Waals surface area contributed by atoms with Crippen molar-refractivity contribution in [3.8, 4) is 0 Å². The van der Waals surface area contributed by atoms with Crippen molar-refractivity contribution in [2.45, 2.75) is 0 Å². The highest BCUT2D eigenvalue weighted by Crippen LogP contribution is 2.19. The number of sulfonamides is 1. The normalized spacial score (nSPS) is 11.5. The Labute approximate surface area is 120 Å². The SMILES string of the molecule is CN(C)S(=O)(=O)CCNC(=O)Nc1ccc(F)c(F)c1F. The van der Waals surface area contributed by atoms with Crippen molar-refractivity contribution in [2.75, 3.05) is 31.7 Å². The van der Waals surface area contributed by atoms with Gasteiger partial charge in [-0.2, -0.15) is 0 Å². The first-order valence-electron chi connectivity index (χ1n) is 5.73.